The molecule has 1 N–H and O–H groups in total. The highest BCUT2D eigenvalue weighted by molar-refractivity contribution is 8.00. The fourth-order valence-electron chi connectivity index (χ4n) is 3.46. The lowest BCUT2D eigenvalue weighted by molar-refractivity contribution is -0.113. The Kier molecular flexibility index (Phi) is 7.59. The van der Waals surface area contributed by atoms with Crippen molar-refractivity contribution in [3.8, 4) is 11.4 Å². The number of fused-ring (bicyclic) bond motifs is 1. The van der Waals surface area contributed by atoms with Crippen LogP contribution in [0.2, 0.25) is 0 Å². The Morgan fingerprint density at radius 1 is 1.21 bits per heavy atom. The number of nitrogens with zero attached hydrogens (tertiary/aromatic N) is 2. The molecule has 0 atom stereocenters. The van der Waals surface area contributed by atoms with Gasteiger partial charge >= 0.3 is 5.97 Å². The van der Waals surface area contributed by atoms with Crippen molar-refractivity contribution in [2.75, 3.05) is 30.5 Å². The Labute approximate surface area is 205 Å². The Bertz CT molecular complexity index is 1290. The van der Waals surface area contributed by atoms with Crippen LogP contribution >= 0.6 is 23.5 Å². The minimum atomic E-state index is -0.504. The van der Waals surface area contributed by atoms with Gasteiger partial charge in [0.25, 0.3) is 5.56 Å². The molecule has 1 aliphatic rings. The summed E-state index contributed by atoms with van der Waals surface area (Å²) < 4.78 is 11.9. The number of thioether (sulfide) groups is 2. The van der Waals surface area contributed by atoms with Gasteiger partial charge in [0.2, 0.25) is 5.91 Å². The smallest absolute Gasteiger partial charge is 0.340 e. The van der Waals surface area contributed by atoms with Crippen LogP contribution in [0.15, 0.2) is 63.4 Å². The number of rotatable bonds is 8. The standard InChI is InChI=1S/C24H23N3O5S2/c1-3-32-23(30)17-9-4-5-10-18(17)25-20(28)14-34-24-26-19-11-12-33-21(19)22(29)27(24)15-7-6-8-16(13-15)31-2/h4-10,13H,3,11-12,14H2,1-2H3,(H,25,28). The number of nitrogens with one attached hydrogen (secondary N) is 1. The second-order valence-corrected chi connectivity index (χ2v) is 9.26. The van der Waals surface area contributed by atoms with E-state index in [0.717, 1.165) is 23.2 Å². The van der Waals surface area contributed by atoms with Crippen LogP contribution in [0.4, 0.5) is 5.69 Å². The predicted octanol–water partition coefficient (Wildman–Crippen LogP) is 3.80. The summed E-state index contributed by atoms with van der Waals surface area (Å²) in [5, 5.41) is 3.19. The molecule has 34 heavy (non-hydrogen) atoms. The zero-order valence-electron chi connectivity index (χ0n) is 18.7. The normalized spacial score (nSPS) is 12.2. The Balaban J connectivity index is 1.59. The first kappa shape index (κ1) is 23.9. The highest BCUT2D eigenvalue weighted by Crippen LogP contribution is 2.30. The van der Waals surface area contributed by atoms with Gasteiger partial charge in [0.15, 0.2) is 5.16 Å². The minimum absolute atomic E-state index is 0.000498. The van der Waals surface area contributed by atoms with Gasteiger partial charge < -0.3 is 14.8 Å². The SMILES string of the molecule is CCOC(=O)c1ccccc1NC(=O)CSc1nc2c(c(=O)n1-c1cccc(OC)c1)SCC2. The van der Waals surface area contributed by atoms with Gasteiger partial charge in [-0.3, -0.25) is 14.2 Å². The molecule has 0 bridgehead atoms. The molecule has 0 saturated heterocycles. The van der Waals surface area contributed by atoms with Crippen LogP contribution in [0.1, 0.15) is 23.0 Å². The molecule has 0 spiro atoms. The third-order valence-electron chi connectivity index (χ3n) is 5.01. The van der Waals surface area contributed by atoms with Crippen LogP contribution in [0.3, 0.4) is 0 Å². The Morgan fingerprint density at radius 3 is 2.82 bits per heavy atom. The number of aryl methyl sites for hydroxylation is 1. The van der Waals surface area contributed by atoms with E-state index in [1.165, 1.54) is 16.3 Å². The van der Waals surface area contributed by atoms with E-state index in [0.29, 0.717) is 33.6 Å². The van der Waals surface area contributed by atoms with Gasteiger partial charge in [-0.2, -0.15) is 0 Å². The maximum atomic E-state index is 13.3. The van der Waals surface area contributed by atoms with E-state index in [1.807, 2.05) is 0 Å². The van der Waals surface area contributed by atoms with Crippen LogP contribution < -0.4 is 15.6 Å². The molecule has 0 fully saturated rings. The summed E-state index contributed by atoms with van der Waals surface area (Å²) in [5.74, 6) is 0.578. The molecule has 1 amide bonds. The van der Waals surface area contributed by atoms with E-state index < -0.39 is 5.97 Å². The summed E-state index contributed by atoms with van der Waals surface area (Å²) in [6.45, 7) is 1.96. The molecule has 1 aliphatic heterocycles. The molecule has 4 rings (SSSR count). The molecule has 0 saturated carbocycles. The zero-order chi connectivity index (χ0) is 24.1. The van der Waals surface area contributed by atoms with Crippen LogP contribution in [-0.2, 0) is 16.0 Å². The fourth-order valence-corrected chi connectivity index (χ4v) is 5.31. The van der Waals surface area contributed by atoms with Gasteiger partial charge in [0.1, 0.15) is 5.75 Å². The molecular formula is C24H23N3O5S2. The number of carbonyl (C=O) groups is 2. The van der Waals surface area contributed by atoms with Crippen LogP contribution in [-0.4, -0.2) is 46.6 Å². The number of para-hydroxylation sites is 1. The van der Waals surface area contributed by atoms with Crippen molar-refractivity contribution in [2.24, 2.45) is 0 Å². The highest BCUT2D eigenvalue weighted by atomic mass is 32.2. The van der Waals surface area contributed by atoms with E-state index in [1.54, 1.807) is 62.6 Å². The number of hydrogen-bond acceptors (Lipinski definition) is 8. The summed E-state index contributed by atoms with van der Waals surface area (Å²) in [6, 6.07) is 13.8. The van der Waals surface area contributed by atoms with Crippen LogP contribution in [0.25, 0.3) is 5.69 Å². The number of aromatic nitrogens is 2. The minimum Gasteiger partial charge on any atom is -0.497 e. The first-order valence-corrected chi connectivity index (χ1v) is 12.6. The molecule has 0 unspecified atom stereocenters. The van der Waals surface area contributed by atoms with Crippen molar-refractivity contribution in [3.05, 3.63) is 70.1 Å². The number of benzene rings is 2. The van der Waals surface area contributed by atoms with E-state index in [-0.39, 0.29) is 29.4 Å². The van der Waals surface area contributed by atoms with Crippen molar-refractivity contribution in [1.82, 2.24) is 9.55 Å². The van der Waals surface area contributed by atoms with Gasteiger partial charge in [0.05, 0.1) is 47.0 Å². The Hall–Kier alpha value is -3.24. The van der Waals surface area contributed by atoms with Crippen molar-refractivity contribution >= 4 is 41.1 Å². The Morgan fingerprint density at radius 2 is 2.03 bits per heavy atom. The lowest BCUT2D eigenvalue weighted by atomic mass is 10.2. The topological polar surface area (TPSA) is 99.5 Å². The quantitative estimate of drug-likeness (QED) is 0.285. The number of anilines is 1. The molecule has 0 radical (unpaired) electrons. The number of hydrogen-bond donors (Lipinski definition) is 1. The second kappa shape index (κ2) is 10.8. The summed E-state index contributed by atoms with van der Waals surface area (Å²) in [6.07, 6.45) is 0.709. The van der Waals surface area contributed by atoms with Crippen LogP contribution in [0, 0.1) is 0 Å². The summed E-state index contributed by atoms with van der Waals surface area (Å²) in [4.78, 5) is 43.6. The van der Waals surface area contributed by atoms with Crippen molar-refractivity contribution in [1.29, 1.82) is 0 Å². The van der Waals surface area contributed by atoms with Crippen molar-refractivity contribution in [2.45, 2.75) is 23.4 Å². The third-order valence-corrected chi connectivity index (χ3v) is 7.05. The summed E-state index contributed by atoms with van der Waals surface area (Å²) >= 11 is 2.66. The largest absolute Gasteiger partial charge is 0.497 e. The molecule has 3 aromatic rings. The molecule has 8 nitrogen and oxygen atoms in total. The lowest BCUT2D eigenvalue weighted by Gasteiger charge is -2.15. The highest BCUT2D eigenvalue weighted by Gasteiger charge is 2.23. The van der Waals surface area contributed by atoms with Crippen LogP contribution in [0.5, 0.6) is 5.75 Å². The second-order valence-electron chi connectivity index (χ2n) is 7.21. The average molecular weight is 498 g/mol. The van der Waals surface area contributed by atoms with Crippen molar-refractivity contribution in [3.63, 3.8) is 0 Å². The molecule has 2 aromatic carbocycles. The number of esters is 1. The number of methoxy groups -OCH3 is 1. The number of carbonyl (C=O) groups excluding carboxylic acids is 2. The molecule has 2 heterocycles. The number of amides is 1. The van der Waals surface area contributed by atoms with Gasteiger partial charge in [-0.05, 0) is 31.2 Å². The van der Waals surface area contributed by atoms with Crippen molar-refractivity contribution < 1.29 is 19.1 Å². The zero-order valence-corrected chi connectivity index (χ0v) is 20.3. The molecule has 0 aliphatic carbocycles. The molecule has 176 valence electrons. The third kappa shape index (κ3) is 5.13. The van der Waals surface area contributed by atoms with Gasteiger partial charge in [-0.15, -0.1) is 11.8 Å². The van der Waals surface area contributed by atoms with Gasteiger partial charge in [-0.25, -0.2) is 9.78 Å². The summed E-state index contributed by atoms with van der Waals surface area (Å²) in [5.41, 5.74) is 1.86. The van der Waals surface area contributed by atoms with E-state index in [2.05, 4.69) is 5.32 Å². The first-order chi connectivity index (χ1) is 16.5. The average Bonchev–Trinajstić information content (AvgIpc) is 3.32. The molecular weight excluding hydrogens is 474 g/mol. The fraction of sp³-hybridized carbons (Fsp3) is 0.250. The predicted molar refractivity (Wildman–Crippen MR) is 133 cm³/mol. The summed E-state index contributed by atoms with van der Waals surface area (Å²) in [7, 11) is 1.56. The van der Waals surface area contributed by atoms with E-state index in [4.69, 9.17) is 14.5 Å². The molecule has 10 heteroatoms. The first-order valence-electron chi connectivity index (χ1n) is 10.6. The van der Waals surface area contributed by atoms with E-state index in [9.17, 15) is 14.4 Å². The lowest BCUT2D eigenvalue weighted by Crippen LogP contribution is -2.25. The van der Waals surface area contributed by atoms with Gasteiger partial charge in [0, 0.05) is 18.2 Å². The van der Waals surface area contributed by atoms with E-state index >= 15 is 0 Å². The number of ether oxygens (including phenoxy) is 2. The maximum absolute atomic E-state index is 13.3. The molecule has 1 aromatic heterocycles. The monoisotopic (exact) mass is 497 g/mol. The maximum Gasteiger partial charge on any atom is 0.340 e. The van der Waals surface area contributed by atoms with Gasteiger partial charge in [-0.1, -0.05) is 30.0 Å².